The molecule has 0 atom stereocenters. The van der Waals surface area contributed by atoms with E-state index in [2.05, 4.69) is 54.4 Å². The van der Waals surface area contributed by atoms with E-state index in [9.17, 15) is 0 Å². The maximum atomic E-state index is 3.91. The van der Waals surface area contributed by atoms with Crippen molar-refractivity contribution in [1.82, 2.24) is 10.2 Å². The van der Waals surface area contributed by atoms with Crippen LogP contribution >= 0.6 is 0 Å². The molecule has 1 aliphatic carbocycles. The van der Waals surface area contributed by atoms with Crippen molar-refractivity contribution >= 4 is 0 Å². The molecule has 0 unspecified atom stereocenters. The van der Waals surface area contributed by atoms with Crippen LogP contribution in [0.2, 0.25) is 0 Å². The van der Waals surface area contributed by atoms with E-state index < -0.39 is 0 Å². The highest BCUT2D eigenvalue weighted by Crippen LogP contribution is 2.23. The second-order valence-corrected chi connectivity index (χ2v) is 6.90. The molecule has 0 aromatic heterocycles. The average molecular weight is 284 g/mol. The molecule has 2 heteroatoms. The van der Waals surface area contributed by atoms with Gasteiger partial charge in [-0.05, 0) is 63.7 Å². The molecule has 1 saturated heterocycles. The van der Waals surface area contributed by atoms with E-state index >= 15 is 0 Å². The third-order valence-corrected chi connectivity index (χ3v) is 4.87. The number of piperidine rings is 1. The fourth-order valence-electron chi connectivity index (χ4n) is 3.60. The summed E-state index contributed by atoms with van der Waals surface area (Å²) in [6, 6.07) is 10.3. The number of nitrogens with one attached hydrogen (secondary N) is 1. The van der Waals surface area contributed by atoms with Crippen LogP contribution in [0, 0.1) is 0 Å². The van der Waals surface area contributed by atoms with Gasteiger partial charge in [0.2, 0.25) is 0 Å². The molecule has 0 amide bonds. The Morgan fingerprint density at radius 2 is 1.71 bits per heavy atom. The minimum atomic E-state index is 0.664. The maximum absolute atomic E-state index is 3.91. The SMILES string of the molecule is CC(C)=CCN1CCC(NC2Cc3ccccc3C2)CC1. The summed E-state index contributed by atoms with van der Waals surface area (Å²) in [6.45, 7) is 7.98. The fourth-order valence-corrected chi connectivity index (χ4v) is 3.60. The van der Waals surface area contributed by atoms with E-state index in [0.29, 0.717) is 12.1 Å². The van der Waals surface area contributed by atoms with Crippen LogP contribution in [-0.4, -0.2) is 36.6 Å². The zero-order chi connectivity index (χ0) is 14.7. The maximum Gasteiger partial charge on any atom is 0.0165 e. The zero-order valence-electron chi connectivity index (χ0n) is 13.4. The van der Waals surface area contributed by atoms with Crippen molar-refractivity contribution in [2.45, 2.75) is 51.6 Å². The van der Waals surface area contributed by atoms with Gasteiger partial charge < -0.3 is 5.32 Å². The third kappa shape index (κ3) is 3.96. The minimum Gasteiger partial charge on any atom is -0.310 e. The molecule has 2 nitrogen and oxygen atoms in total. The molecule has 0 radical (unpaired) electrons. The normalized spacial score (nSPS) is 20.5. The largest absolute Gasteiger partial charge is 0.310 e. The molecule has 1 fully saturated rings. The molecule has 114 valence electrons. The summed E-state index contributed by atoms with van der Waals surface area (Å²) < 4.78 is 0. The van der Waals surface area contributed by atoms with Crippen molar-refractivity contribution in [3.05, 3.63) is 47.0 Å². The van der Waals surface area contributed by atoms with Crippen LogP contribution in [0.4, 0.5) is 0 Å². The predicted octanol–water partition coefficient (Wildman–Crippen LogP) is 3.17. The smallest absolute Gasteiger partial charge is 0.0165 e. The quantitative estimate of drug-likeness (QED) is 0.854. The Morgan fingerprint density at radius 1 is 1.10 bits per heavy atom. The number of benzene rings is 1. The number of nitrogens with zero attached hydrogens (tertiary/aromatic N) is 1. The molecule has 1 aliphatic heterocycles. The number of likely N-dealkylation sites (tertiary alicyclic amines) is 1. The number of hydrogen-bond acceptors (Lipinski definition) is 2. The molecule has 0 saturated carbocycles. The first-order valence-corrected chi connectivity index (χ1v) is 8.39. The Hall–Kier alpha value is -1.12. The molecule has 1 N–H and O–H groups in total. The minimum absolute atomic E-state index is 0.664. The van der Waals surface area contributed by atoms with Gasteiger partial charge in [0.05, 0.1) is 0 Å². The summed E-state index contributed by atoms with van der Waals surface area (Å²) in [5.41, 5.74) is 4.53. The molecule has 2 aliphatic rings. The van der Waals surface area contributed by atoms with Crippen LogP contribution in [0.1, 0.15) is 37.8 Å². The summed E-state index contributed by atoms with van der Waals surface area (Å²) in [7, 11) is 0. The zero-order valence-corrected chi connectivity index (χ0v) is 13.4. The summed E-state index contributed by atoms with van der Waals surface area (Å²) in [4.78, 5) is 2.58. The van der Waals surface area contributed by atoms with Gasteiger partial charge in [0.15, 0.2) is 0 Å². The topological polar surface area (TPSA) is 15.3 Å². The van der Waals surface area contributed by atoms with E-state index in [0.717, 1.165) is 6.54 Å². The molecule has 21 heavy (non-hydrogen) atoms. The Kier molecular flexibility index (Phi) is 4.77. The number of hydrogen-bond donors (Lipinski definition) is 1. The van der Waals surface area contributed by atoms with Gasteiger partial charge in [0.1, 0.15) is 0 Å². The average Bonchev–Trinajstić information content (AvgIpc) is 2.88. The standard InChI is InChI=1S/C19H28N2/c1-15(2)7-10-21-11-8-18(9-12-21)20-19-13-16-5-3-4-6-17(16)14-19/h3-7,18-20H,8-14H2,1-2H3. The summed E-state index contributed by atoms with van der Waals surface area (Å²) in [6.07, 6.45) is 7.37. The lowest BCUT2D eigenvalue weighted by Gasteiger charge is -2.33. The van der Waals surface area contributed by atoms with Crippen LogP contribution < -0.4 is 5.32 Å². The second-order valence-electron chi connectivity index (χ2n) is 6.90. The van der Waals surface area contributed by atoms with E-state index in [-0.39, 0.29) is 0 Å². The Morgan fingerprint density at radius 3 is 2.29 bits per heavy atom. The van der Waals surface area contributed by atoms with Crippen LogP contribution in [0.5, 0.6) is 0 Å². The monoisotopic (exact) mass is 284 g/mol. The molecule has 0 bridgehead atoms. The van der Waals surface area contributed by atoms with Crippen molar-refractivity contribution in [3.63, 3.8) is 0 Å². The fraction of sp³-hybridized carbons (Fsp3) is 0.579. The lowest BCUT2D eigenvalue weighted by molar-refractivity contribution is 0.207. The molecule has 3 rings (SSSR count). The number of rotatable bonds is 4. The Labute approximate surface area is 129 Å². The first-order valence-electron chi connectivity index (χ1n) is 8.39. The highest BCUT2D eigenvalue weighted by Gasteiger charge is 2.25. The van der Waals surface area contributed by atoms with Gasteiger partial charge in [-0.15, -0.1) is 0 Å². The Bertz CT molecular complexity index is 469. The predicted molar refractivity (Wildman–Crippen MR) is 89.7 cm³/mol. The summed E-state index contributed by atoms with van der Waals surface area (Å²) in [5, 5.41) is 3.91. The van der Waals surface area contributed by atoms with Crippen LogP contribution in [0.3, 0.4) is 0 Å². The van der Waals surface area contributed by atoms with Crippen LogP contribution in [-0.2, 0) is 12.8 Å². The van der Waals surface area contributed by atoms with Gasteiger partial charge in [0.25, 0.3) is 0 Å². The van der Waals surface area contributed by atoms with Crippen molar-refractivity contribution in [2.75, 3.05) is 19.6 Å². The number of allylic oxidation sites excluding steroid dienone is 1. The molecular weight excluding hydrogens is 256 g/mol. The van der Waals surface area contributed by atoms with Gasteiger partial charge in [-0.3, -0.25) is 4.90 Å². The molecule has 1 aromatic carbocycles. The lowest BCUT2D eigenvalue weighted by atomic mass is 10.0. The number of fused-ring (bicyclic) bond motifs is 1. The summed E-state index contributed by atoms with van der Waals surface area (Å²) in [5.74, 6) is 0. The van der Waals surface area contributed by atoms with Gasteiger partial charge in [0, 0.05) is 18.6 Å². The van der Waals surface area contributed by atoms with Crippen molar-refractivity contribution in [3.8, 4) is 0 Å². The highest BCUT2D eigenvalue weighted by atomic mass is 15.1. The van der Waals surface area contributed by atoms with Crippen LogP contribution in [0.25, 0.3) is 0 Å². The van der Waals surface area contributed by atoms with Gasteiger partial charge >= 0.3 is 0 Å². The highest BCUT2D eigenvalue weighted by molar-refractivity contribution is 5.33. The molecule has 1 heterocycles. The molecule has 1 aromatic rings. The summed E-state index contributed by atoms with van der Waals surface area (Å²) >= 11 is 0. The van der Waals surface area contributed by atoms with E-state index in [4.69, 9.17) is 0 Å². The van der Waals surface area contributed by atoms with Gasteiger partial charge in [-0.25, -0.2) is 0 Å². The van der Waals surface area contributed by atoms with Crippen molar-refractivity contribution in [1.29, 1.82) is 0 Å². The van der Waals surface area contributed by atoms with Crippen LogP contribution in [0.15, 0.2) is 35.9 Å². The van der Waals surface area contributed by atoms with Crippen molar-refractivity contribution in [2.24, 2.45) is 0 Å². The molecule has 0 spiro atoms. The third-order valence-electron chi connectivity index (χ3n) is 4.87. The first kappa shape index (κ1) is 14.8. The second kappa shape index (κ2) is 6.76. The van der Waals surface area contributed by atoms with E-state index in [1.54, 1.807) is 11.1 Å². The molecular formula is C19H28N2. The first-order chi connectivity index (χ1) is 10.2. The van der Waals surface area contributed by atoms with Crippen molar-refractivity contribution < 1.29 is 0 Å². The van der Waals surface area contributed by atoms with E-state index in [1.165, 1.54) is 44.3 Å². The van der Waals surface area contributed by atoms with Gasteiger partial charge in [-0.2, -0.15) is 0 Å². The lowest BCUT2D eigenvalue weighted by Crippen LogP contribution is -2.46. The van der Waals surface area contributed by atoms with Gasteiger partial charge in [-0.1, -0.05) is 35.9 Å². The van der Waals surface area contributed by atoms with E-state index in [1.807, 2.05) is 0 Å². The Balaban J connectivity index is 1.44.